The second kappa shape index (κ2) is 4.31. The number of nitrogens with zero attached hydrogens (tertiary/aromatic N) is 4. The van der Waals surface area contributed by atoms with Gasteiger partial charge in [0.05, 0.1) is 5.69 Å². The van der Waals surface area contributed by atoms with E-state index in [4.69, 9.17) is 5.73 Å². The van der Waals surface area contributed by atoms with E-state index in [-0.39, 0.29) is 5.95 Å². The minimum atomic E-state index is 0.205. The standard InChI is InChI=1S/C9H12N6S/c1-11-8-12-7(10)13-9(14-8)15(2)6-3-4-16-5-6/h3-5H,1-2H3,(H3,10,11,12,13,14). The summed E-state index contributed by atoms with van der Waals surface area (Å²) in [4.78, 5) is 14.1. The Kier molecular flexibility index (Phi) is 2.86. The zero-order chi connectivity index (χ0) is 11.5. The predicted molar refractivity (Wildman–Crippen MR) is 66.2 cm³/mol. The summed E-state index contributed by atoms with van der Waals surface area (Å²) in [5.74, 6) is 1.19. The number of hydrogen-bond donors (Lipinski definition) is 2. The summed E-state index contributed by atoms with van der Waals surface area (Å²) in [6, 6.07) is 1.99. The van der Waals surface area contributed by atoms with E-state index in [0.717, 1.165) is 5.69 Å². The lowest BCUT2D eigenvalue weighted by Crippen LogP contribution is -2.15. The van der Waals surface area contributed by atoms with Crippen molar-refractivity contribution < 1.29 is 0 Å². The second-order valence-corrected chi connectivity index (χ2v) is 3.89. The third-order valence-corrected chi connectivity index (χ3v) is 2.73. The van der Waals surface area contributed by atoms with Crippen molar-refractivity contribution in [3.8, 4) is 0 Å². The fraction of sp³-hybridized carbons (Fsp3) is 0.222. The number of rotatable bonds is 3. The van der Waals surface area contributed by atoms with Gasteiger partial charge in [-0.15, -0.1) is 0 Å². The Morgan fingerprint density at radius 1 is 1.38 bits per heavy atom. The molecular weight excluding hydrogens is 224 g/mol. The van der Waals surface area contributed by atoms with Gasteiger partial charge in [-0.3, -0.25) is 0 Å². The van der Waals surface area contributed by atoms with Crippen LogP contribution in [0.2, 0.25) is 0 Å². The molecule has 0 fully saturated rings. The number of nitrogens with one attached hydrogen (secondary N) is 1. The molecular formula is C9H12N6S. The SMILES string of the molecule is CNc1nc(N)nc(N(C)c2ccsc2)n1. The van der Waals surface area contributed by atoms with Crippen molar-refractivity contribution in [3.05, 3.63) is 16.8 Å². The van der Waals surface area contributed by atoms with Gasteiger partial charge in [0.1, 0.15) is 0 Å². The van der Waals surface area contributed by atoms with E-state index in [1.54, 1.807) is 18.4 Å². The Balaban J connectivity index is 2.36. The highest BCUT2D eigenvalue weighted by atomic mass is 32.1. The van der Waals surface area contributed by atoms with Gasteiger partial charge in [-0.25, -0.2) is 0 Å². The number of nitrogen functional groups attached to an aromatic ring is 1. The quantitative estimate of drug-likeness (QED) is 0.836. The smallest absolute Gasteiger partial charge is 0.236 e. The van der Waals surface area contributed by atoms with Gasteiger partial charge in [-0.2, -0.15) is 26.3 Å². The van der Waals surface area contributed by atoms with Gasteiger partial charge in [-0.1, -0.05) is 0 Å². The largest absolute Gasteiger partial charge is 0.368 e. The molecule has 0 aromatic carbocycles. The highest BCUT2D eigenvalue weighted by Gasteiger charge is 2.10. The number of hydrogen-bond acceptors (Lipinski definition) is 7. The molecule has 2 rings (SSSR count). The summed E-state index contributed by atoms with van der Waals surface area (Å²) in [5, 5.41) is 6.85. The van der Waals surface area contributed by atoms with E-state index in [9.17, 15) is 0 Å². The lowest BCUT2D eigenvalue weighted by atomic mass is 10.5. The minimum absolute atomic E-state index is 0.205. The summed E-state index contributed by atoms with van der Waals surface area (Å²) in [5.41, 5.74) is 6.63. The Morgan fingerprint density at radius 3 is 2.81 bits per heavy atom. The molecule has 7 heteroatoms. The topological polar surface area (TPSA) is 80.0 Å². The summed E-state index contributed by atoms with van der Waals surface area (Å²) in [6.45, 7) is 0. The van der Waals surface area contributed by atoms with Gasteiger partial charge in [0, 0.05) is 19.5 Å². The van der Waals surface area contributed by atoms with Crippen LogP contribution in [-0.4, -0.2) is 29.0 Å². The van der Waals surface area contributed by atoms with Crippen molar-refractivity contribution in [2.24, 2.45) is 0 Å². The van der Waals surface area contributed by atoms with E-state index in [1.165, 1.54) is 0 Å². The van der Waals surface area contributed by atoms with Gasteiger partial charge < -0.3 is 16.0 Å². The summed E-state index contributed by atoms with van der Waals surface area (Å²) < 4.78 is 0. The molecule has 0 bridgehead atoms. The molecule has 0 unspecified atom stereocenters. The highest BCUT2D eigenvalue weighted by Crippen LogP contribution is 2.23. The lowest BCUT2D eigenvalue weighted by molar-refractivity contribution is 0.999. The molecule has 0 atom stereocenters. The van der Waals surface area contributed by atoms with Crippen LogP contribution >= 0.6 is 11.3 Å². The maximum Gasteiger partial charge on any atom is 0.236 e. The third kappa shape index (κ3) is 2.03. The van der Waals surface area contributed by atoms with Crippen LogP contribution in [0, 0.1) is 0 Å². The van der Waals surface area contributed by atoms with Crippen LogP contribution in [0.4, 0.5) is 23.5 Å². The lowest BCUT2D eigenvalue weighted by Gasteiger charge is -2.15. The molecule has 0 aliphatic heterocycles. The Morgan fingerprint density at radius 2 is 2.19 bits per heavy atom. The van der Waals surface area contributed by atoms with Crippen LogP contribution in [-0.2, 0) is 0 Å². The van der Waals surface area contributed by atoms with E-state index in [0.29, 0.717) is 11.9 Å². The van der Waals surface area contributed by atoms with Gasteiger partial charge in [-0.05, 0) is 11.4 Å². The first-order chi connectivity index (χ1) is 7.70. The van der Waals surface area contributed by atoms with Crippen LogP contribution in [0.15, 0.2) is 16.8 Å². The van der Waals surface area contributed by atoms with Crippen molar-refractivity contribution in [2.45, 2.75) is 0 Å². The maximum atomic E-state index is 5.60. The van der Waals surface area contributed by atoms with Crippen LogP contribution in [0.3, 0.4) is 0 Å². The zero-order valence-corrected chi connectivity index (χ0v) is 9.82. The Labute approximate surface area is 97.2 Å². The minimum Gasteiger partial charge on any atom is -0.368 e. The summed E-state index contributed by atoms with van der Waals surface area (Å²) >= 11 is 1.62. The number of thiophene rings is 1. The average Bonchev–Trinajstić information content (AvgIpc) is 2.80. The van der Waals surface area contributed by atoms with E-state index in [2.05, 4.69) is 20.3 Å². The van der Waals surface area contributed by atoms with Crippen molar-refractivity contribution in [2.75, 3.05) is 30.0 Å². The van der Waals surface area contributed by atoms with E-state index < -0.39 is 0 Å². The molecule has 0 radical (unpaired) electrons. The Hall–Kier alpha value is -1.89. The monoisotopic (exact) mass is 236 g/mol. The molecule has 3 N–H and O–H groups in total. The third-order valence-electron chi connectivity index (χ3n) is 2.06. The van der Waals surface area contributed by atoms with Crippen molar-refractivity contribution in [1.82, 2.24) is 15.0 Å². The second-order valence-electron chi connectivity index (χ2n) is 3.11. The molecule has 0 saturated carbocycles. The zero-order valence-electron chi connectivity index (χ0n) is 9.01. The molecule has 0 aliphatic rings. The molecule has 0 spiro atoms. The first-order valence-electron chi connectivity index (χ1n) is 4.66. The number of anilines is 4. The van der Waals surface area contributed by atoms with E-state index in [1.807, 2.05) is 28.8 Å². The molecule has 16 heavy (non-hydrogen) atoms. The maximum absolute atomic E-state index is 5.60. The van der Waals surface area contributed by atoms with Crippen LogP contribution in [0.25, 0.3) is 0 Å². The van der Waals surface area contributed by atoms with Crippen molar-refractivity contribution in [1.29, 1.82) is 0 Å². The molecule has 6 nitrogen and oxygen atoms in total. The number of nitrogens with two attached hydrogens (primary N) is 1. The van der Waals surface area contributed by atoms with Crippen LogP contribution in [0.5, 0.6) is 0 Å². The van der Waals surface area contributed by atoms with E-state index >= 15 is 0 Å². The molecule has 84 valence electrons. The normalized spacial score (nSPS) is 10.1. The van der Waals surface area contributed by atoms with Gasteiger partial charge >= 0.3 is 0 Å². The fourth-order valence-corrected chi connectivity index (χ4v) is 1.88. The molecule has 0 amide bonds. The first-order valence-corrected chi connectivity index (χ1v) is 5.60. The average molecular weight is 236 g/mol. The van der Waals surface area contributed by atoms with Gasteiger partial charge in [0.2, 0.25) is 17.8 Å². The first kappa shape index (κ1) is 10.6. The molecule has 0 saturated heterocycles. The van der Waals surface area contributed by atoms with Crippen LogP contribution in [0.1, 0.15) is 0 Å². The molecule has 2 aromatic rings. The van der Waals surface area contributed by atoms with Crippen molar-refractivity contribution in [3.63, 3.8) is 0 Å². The van der Waals surface area contributed by atoms with Gasteiger partial charge in [0.25, 0.3) is 0 Å². The summed E-state index contributed by atoms with van der Waals surface area (Å²) in [7, 11) is 3.62. The predicted octanol–water partition coefficient (Wildman–Crippen LogP) is 1.32. The molecule has 0 aliphatic carbocycles. The van der Waals surface area contributed by atoms with Gasteiger partial charge in [0.15, 0.2) is 0 Å². The van der Waals surface area contributed by atoms with Crippen LogP contribution < -0.4 is 16.0 Å². The number of aromatic nitrogens is 3. The molecule has 2 aromatic heterocycles. The van der Waals surface area contributed by atoms with Crippen molar-refractivity contribution >= 4 is 34.9 Å². The fourth-order valence-electron chi connectivity index (χ4n) is 1.21. The highest BCUT2D eigenvalue weighted by molar-refractivity contribution is 7.08. The Bertz CT molecular complexity index is 469. The summed E-state index contributed by atoms with van der Waals surface area (Å²) in [6.07, 6.45) is 0. The molecule has 2 heterocycles.